The number of aliphatic imine (C=N–C) groups is 1. The van der Waals surface area contributed by atoms with Crippen molar-refractivity contribution in [2.75, 3.05) is 39.3 Å². The van der Waals surface area contributed by atoms with E-state index in [1.807, 2.05) is 18.7 Å². The standard InChI is InChI=1S/C17H24FN3OS/c1-12-9-14(18)3-4-15(12)16(22)11-20-5-7-21(8-6-20)17-19-10-13(2)23-17/h3-4,9,13,16,22H,5-8,10-11H2,1-2H3. The maximum absolute atomic E-state index is 13.2. The van der Waals surface area contributed by atoms with Crippen molar-refractivity contribution in [2.45, 2.75) is 25.2 Å². The Bertz CT molecular complexity index is 587. The molecule has 0 spiro atoms. The zero-order chi connectivity index (χ0) is 16.4. The minimum Gasteiger partial charge on any atom is -0.387 e. The predicted octanol–water partition coefficient (Wildman–Crippen LogP) is 2.28. The highest BCUT2D eigenvalue weighted by Crippen LogP contribution is 2.24. The molecule has 1 aromatic carbocycles. The first-order valence-electron chi connectivity index (χ1n) is 8.15. The number of aryl methyl sites for hydroxylation is 1. The number of piperazine rings is 1. The van der Waals surface area contributed by atoms with Crippen LogP contribution in [0.3, 0.4) is 0 Å². The predicted molar refractivity (Wildman–Crippen MR) is 93.5 cm³/mol. The Balaban J connectivity index is 1.52. The van der Waals surface area contributed by atoms with Crippen LogP contribution in [0.25, 0.3) is 0 Å². The third-order valence-corrected chi connectivity index (χ3v) is 5.60. The molecule has 1 aromatic rings. The topological polar surface area (TPSA) is 39.1 Å². The van der Waals surface area contributed by atoms with Crippen LogP contribution in [0.15, 0.2) is 23.2 Å². The molecule has 2 aliphatic heterocycles. The molecule has 23 heavy (non-hydrogen) atoms. The van der Waals surface area contributed by atoms with Gasteiger partial charge in [-0.3, -0.25) is 9.89 Å². The highest BCUT2D eigenvalue weighted by molar-refractivity contribution is 8.14. The lowest BCUT2D eigenvalue weighted by Crippen LogP contribution is -2.48. The van der Waals surface area contributed by atoms with E-state index in [-0.39, 0.29) is 5.82 Å². The summed E-state index contributed by atoms with van der Waals surface area (Å²) < 4.78 is 13.2. The van der Waals surface area contributed by atoms with Crippen LogP contribution in [-0.4, -0.2) is 64.6 Å². The lowest BCUT2D eigenvalue weighted by atomic mass is 10.0. The van der Waals surface area contributed by atoms with Gasteiger partial charge in [-0.2, -0.15) is 0 Å². The van der Waals surface area contributed by atoms with Crippen LogP contribution in [0, 0.1) is 12.7 Å². The van der Waals surface area contributed by atoms with E-state index >= 15 is 0 Å². The van der Waals surface area contributed by atoms with Crippen molar-refractivity contribution in [3.05, 3.63) is 35.1 Å². The number of amidine groups is 1. The summed E-state index contributed by atoms with van der Waals surface area (Å²) in [7, 11) is 0. The molecule has 6 heteroatoms. The van der Waals surface area contributed by atoms with Gasteiger partial charge in [-0.05, 0) is 30.2 Å². The quantitative estimate of drug-likeness (QED) is 0.918. The van der Waals surface area contributed by atoms with Gasteiger partial charge in [-0.1, -0.05) is 24.8 Å². The summed E-state index contributed by atoms with van der Waals surface area (Å²) in [5, 5.41) is 12.2. The number of β-amino-alcohol motifs (C(OH)–C–C–N with tert-alkyl or cyclic N) is 1. The zero-order valence-electron chi connectivity index (χ0n) is 13.7. The van der Waals surface area contributed by atoms with E-state index in [1.54, 1.807) is 6.07 Å². The summed E-state index contributed by atoms with van der Waals surface area (Å²) in [6.07, 6.45) is -0.569. The molecule has 3 rings (SSSR count). The lowest BCUT2D eigenvalue weighted by molar-refractivity contribution is 0.0900. The Morgan fingerprint density at radius 3 is 2.70 bits per heavy atom. The summed E-state index contributed by atoms with van der Waals surface area (Å²) in [5.74, 6) is -0.254. The molecule has 0 aliphatic carbocycles. The fourth-order valence-corrected chi connectivity index (χ4v) is 4.10. The smallest absolute Gasteiger partial charge is 0.159 e. The van der Waals surface area contributed by atoms with Gasteiger partial charge in [0, 0.05) is 38.0 Å². The zero-order valence-corrected chi connectivity index (χ0v) is 14.5. The summed E-state index contributed by atoms with van der Waals surface area (Å²) in [4.78, 5) is 9.21. The van der Waals surface area contributed by atoms with E-state index in [0.29, 0.717) is 11.8 Å². The Morgan fingerprint density at radius 2 is 2.09 bits per heavy atom. The molecular weight excluding hydrogens is 313 g/mol. The maximum Gasteiger partial charge on any atom is 0.159 e. The summed E-state index contributed by atoms with van der Waals surface area (Å²) in [5.41, 5.74) is 1.63. The first-order chi connectivity index (χ1) is 11.0. The van der Waals surface area contributed by atoms with Crippen molar-refractivity contribution in [3.63, 3.8) is 0 Å². The van der Waals surface area contributed by atoms with Crippen molar-refractivity contribution >= 4 is 16.9 Å². The normalized spacial score (nSPS) is 23.9. The first-order valence-corrected chi connectivity index (χ1v) is 9.03. The number of aliphatic hydroxyl groups excluding tert-OH is 1. The molecule has 0 radical (unpaired) electrons. The Kier molecular flexibility index (Phi) is 5.24. The molecule has 1 fully saturated rings. The molecule has 2 atom stereocenters. The van der Waals surface area contributed by atoms with Gasteiger partial charge < -0.3 is 10.0 Å². The molecule has 2 heterocycles. The molecule has 4 nitrogen and oxygen atoms in total. The molecule has 126 valence electrons. The maximum atomic E-state index is 13.2. The number of rotatable bonds is 3. The van der Waals surface area contributed by atoms with Crippen LogP contribution in [0.4, 0.5) is 4.39 Å². The van der Waals surface area contributed by atoms with E-state index < -0.39 is 6.10 Å². The summed E-state index contributed by atoms with van der Waals surface area (Å²) in [6.45, 7) is 9.31. The second-order valence-electron chi connectivity index (χ2n) is 6.36. The lowest BCUT2D eigenvalue weighted by Gasteiger charge is -2.36. The van der Waals surface area contributed by atoms with Crippen molar-refractivity contribution < 1.29 is 9.50 Å². The highest BCUT2D eigenvalue weighted by atomic mass is 32.2. The third-order valence-electron chi connectivity index (χ3n) is 4.46. The van der Waals surface area contributed by atoms with Crippen LogP contribution in [-0.2, 0) is 0 Å². The number of benzene rings is 1. The Labute approximate surface area is 141 Å². The molecule has 2 aliphatic rings. The van der Waals surface area contributed by atoms with Crippen LogP contribution >= 0.6 is 11.8 Å². The number of hydrogen-bond donors (Lipinski definition) is 1. The van der Waals surface area contributed by atoms with Gasteiger partial charge in [0.25, 0.3) is 0 Å². The Hall–Kier alpha value is -1.11. The molecule has 0 amide bonds. The largest absolute Gasteiger partial charge is 0.387 e. The molecular formula is C17H24FN3OS. The fourth-order valence-electron chi connectivity index (χ4n) is 3.11. The van der Waals surface area contributed by atoms with Crippen LogP contribution in [0.2, 0.25) is 0 Å². The van der Waals surface area contributed by atoms with Crippen LogP contribution in [0.1, 0.15) is 24.2 Å². The summed E-state index contributed by atoms with van der Waals surface area (Å²) in [6, 6.07) is 4.59. The average Bonchev–Trinajstić information content (AvgIpc) is 2.94. The van der Waals surface area contributed by atoms with Gasteiger partial charge in [0.2, 0.25) is 0 Å². The number of thioether (sulfide) groups is 1. The van der Waals surface area contributed by atoms with Crippen molar-refractivity contribution in [1.29, 1.82) is 0 Å². The van der Waals surface area contributed by atoms with E-state index in [9.17, 15) is 9.50 Å². The molecule has 0 bridgehead atoms. The van der Waals surface area contributed by atoms with Crippen LogP contribution in [0.5, 0.6) is 0 Å². The summed E-state index contributed by atoms with van der Waals surface area (Å²) >= 11 is 1.86. The molecule has 0 aromatic heterocycles. The monoisotopic (exact) mass is 337 g/mol. The third kappa shape index (κ3) is 4.05. The second kappa shape index (κ2) is 7.20. The minimum atomic E-state index is -0.569. The number of nitrogens with zero attached hydrogens (tertiary/aromatic N) is 3. The van der Waals surface area contributed by atoms with Gasteiger partial charge in [0.15, 0.2) is 5.17 Å². The second-order valence-corrected chi connectivity index (χ2v) is 7.76. The van der Waals surface area contributed by atoms with E-state index in [2.05, 4.69) is 21.7 Å². The highest BCUT2D eigenvalue weighted by Gasteiger charge is 2.25. The average molecular weight is 337 g/mol. The van der Waals surface area contributed by atoms with Gasteiger partial charge in [0.1, 0.15) is 5.82 Å². The molecule has 2 unspecified atom stereocenters. The van der Waals surface area contributed by atoms with E-state index in [1.165, 1.54) is 17.3 Å². The Morgan fingerprint density at radius 1 is 1.35 bits per heavy atom. The number of hydrogen-bond acceptors (Lipinski definition) is 5. The number of halogens is 1. The van der Waals surface area contributed by atoms with Crippen LogP contribution < -0.4 is 0 Å². The van der Waals surface area contributed by atoms with Gasteiger partial charge >= 0.3 is 0 Å². The molecule has 1 N–H and O–H groups in total. The van der Waals surface area contributed by atoms with Crippen molar-refractivity contribution in [3.8, 4) is 0 Å². The van der Waals surface area contributed by atoms with Gasteiger partial charge in [-0.25, -0.2) is 4.39 Å². The first kappa shape index (κ1) is 16.7. The SMILES string of the molecule is Cc1cc(F)ccc1C(O)CN1CCN(C2=NCC(C)S2)CC1. The van der Waals surface area contributed by atoms with Crippen molar-refractivity contribution in [2.24, 2.45) is 4.99 Å². The van der Waals surface area contributed by atoms with E-state index in [0.717, 1.165) is 43.9 Å². The fraction of sp³-hybridized carbons (Fsp3) is 0.588. The van der Waals surface area contributed by atoms with E-state index in [4.69, 9.17) is 0 Å². The molecule has 1 saturated heterocycles. The minimum absolute atomic E-state index is 0.254. The molecule has 0 saturated carbocycles. The van der Waals surface area contributed by atoms with Crippen molar-refractivity contribution in [1.82, 2.24) is 9.80 Å². The van der Waals surface area contributed by atoms with Gasteiger partial charge in [-0.15, -0.1) is 0 Å². The van der Waals surface area contributed by atoms with Gasteiger partial charge in [0.05, 0.1) is 12.6 Å². The number of aliphatic hydroxyl groups is 1.